The number of hydrogen-bond acceptors (Lipinski definition) is 4. The van der Waals surface area contributed by atoms with E-state index in [9.17, 15) is 8.42 Å². The van der Waals surface area contributed by atoms with Crippen LogP contribution in [-0.4, -0.2) is 14.5 Å². The lowest BCUT2D eigenvalue weighted by molar-refractivity contribution is 0.569. The van der Waals surface area contributed by atoms with Gasteiger partial charge in [0.05, 0.1) is 21.6 Å². The van der Waals surface area contributed by atoms with E-state index >= 15 is 0 Å². The van der Waals surface area contributed by atoms with Crippen molar-refractivity contribution in [1.82, 2.24) is 4.72 Å². The highest BCUT2D eigenvalue weighted by Gasteiger charge is 2.19. The summed E-state index contributed by atoms with van der Waals surface area (Å²) in [6.45, 7) is 1.70. The van der Waals surface area contributed by atoms with E-state index in [-0.39, 0.29) is 15.5 Å². The fraction of sp³-hybridized carbons (Fsp3) is 0.273. The molecule has 0 radical (unpaired) electrons. The Balaban J connectivity index is 3.11. The molecular weight excluding hydrogens is 274 g/mol. The fourth-order valence-corrected chi connectivity index (χ4v) is 2.75. The number of nitrogens with zero attached hydrogens (tertiary/aromatic N) is 2. The Morgan fingerprint density at radius 2 is 2.11 bits per heavy atom. The minimum atomic E-state index is -3.80. The molecule has 7 heteroatoms. The molecule has 1 atom stereocenters. The van der Waals surface area contributed by atoms with Crippen LogP contribution in [0.3, 0.4) is 0 Å². The molecule has 1 N–H and O–H groups in total. The van der Waals surface area contributed by atoms with Gasteiger partial charge in [-0.05, 0) is 24.6 Å². The highest BCUT2D eigenvalue weighted by atomic mass is 35.5. The zero-order valence-electron chi connectivity index (χ0n) is 9.51. The van der Waals surface area contributed by atoms with Crippen LogP contribution in [-0.2, 0) is 10.0 Å². The van der Waals surface area contributed by atoms with E-state index in [4.69, 9.17) is 22.1 Å². The zero-order valence-corrected chi connectivity index (χ0v) is 11.1. The van der Waals surface area contributed by atoms with Gasteiger partial charge in [-0.25, -0.2) is 8.42 Å². The molecule has 0 saturated heterocycles. The summed E-state index contributed by atoms with van der Waals surface area (Å²) >= 11 is 5.76. The molecule has 94 valence electrons. The van der Waals surface area contributed by atoms with Gasteiger partial charge in [0.25, 0.3) is 0 Å². The summed E-state index contributed by atoms with van der Waals surface area (Å²) in [5.74, 6) is 0. The molecule has 1 unspecified atom stereocenters. The Hall–Kier alpha value is -1.60. The topological polar surface area (TPSA) is 93.8 Å². The predicted molar refractivity (Wildman–Crippen MR) is 66.2 cm³/mol. The van der Waals surface area contributed by atoms with Gasteiger partial charge in [0.2, 0.25) is 10.0 Å². The molecule has 0 aliphatic heterocycles. The average Bonchev–Trinajstić information content (AvgIpc) is 2.35. The molecule has 5 nitrogen and oxygen atoms in total. The van der Waals surface area contributed by atoms with E-state index in [0.29, 0.717) is 6.42 Å². The number of sulfonamides is 1. The van der Waals surface area contributed by atoms with Crippen molar-refractivity contribution in [3.63, 3.8) is 0 Å². The summed E-state index contributed by atoms with van der Waals surface area (Å²) in [4.78, 5) is -0.0693. The van der Waals surface area contributed by atoms with Crippen LogP contribution in [0.1, 0.15) is 18.9 Å². The molecular formula is C11H10ClN3O2S. The van der Waals surface area contributed by atoms with Gasteiger partial charge in [-0.2, -0.15) is 15.2 Å². The monoisotopic (exact) mass is 283 g/mol. The normalized spacial score (nSPS) is 12.4. The SMILES string of the molecule is CCC(C#N)NS(=O)(=O)c1ccc(C#N)c(Cl)c1. The molecule has 0 aliphatic rings. The van der Waals surface area contributed by atoms with Crippen LogP contribution in [0.4, 0.5) is 0 Å². The Bertz CT molecular complexity index is 629. The van der Waals surface area contributed by atoms with Crippen LogP contribution in [0.25, 0.3) is 0 Å². The smallest absolute Gasteiger partial charge is 0.207 e. The summed E-state index contributed by atoms with van der Waals surface area (Å²) < 4.78 is 26.1. The first-order valence-corrected chi connectivity index (χ1v) is 6.92. The van der Waals surface area contributed by atoms with Gasteiger partial charge in [0.1, 0.15) is 12.1 Å². The van der Waals surface area contributed by atoms with Crippen molar-refractivity contribution in [3.05, 3.63) is 28.8 Å². The number of nitrogens with one attached hydrogen (secondary N) is 1. The largest absolute Gasteiger partial charge is 0.241 e. The van der Waals surface area contributed by atoms with E-state index < -0.39 is 16.1 Å². The summed E-state index contributed by atoms with van der Waals surface area (Å²) in [5.41, 5.74) is 0.197. The van der Waals surface area contributed by atoms with Gasteiger partial charge in [-0.3, -0.25) is 0 Å². The summed E-state index contributed by atoms with van der Waals surface area (Å²) in [5, 5.41) is 17.5. The third-order valence-corrected chi connectivity index (χ3v) is 4.01. The lowest BCUT2D eigenvalue weighted by Crippen LogP contribution is -2.33. The van der Waals surface area contributed by atoms with Crippen molar-refractivity contribution >= 4 is 21.6 Å². The Kier molecular flexibility index (Phi) is 4.69. The maximum Gasteiger partial charge on any atom is 0.241 e. The number of nitriles is 2. The third kappa shape index (κ3) is 3.21. The van der Waals surface area contributed by atoms with Gasteiger partial charge >= 0.3 is 0 Å². The molecule has 0 fully saturated rings. The number of hydrogen-bond donors (Lipinski definition) is 1. The second kappa shape index (κ2) is 5.83. The lowest BCUT2D eigenvalue weighted by atomic mass is 10.2. The van der Waals surface area contributed by atoms with E-state index in [0.717, 1.165) is 0 Å². The first-order chi connectivity index (χ1) is 8.44. The molecule has 18 heavy (non-hydrogen) atoms. The second-order valence-corrected chi connectivity index (χ2v) is 5.59. The predicted octanol–water partition coefficient (Wildman–Crippen LogP) is 1.79. The number of halogens is 1. The highest BCUT2D eigenvalue weighted by Crippen LogP contribution is 2.20. The summed E-state index contributed by atoms with van der Waals surface area (Å²) in [7, 11) is -3.80. The molecule has 0 spiro atoms. The van der Waals surface area contributed by atoms with Crippen LogP contribution in [0.15, 0.2) is 23.1 Å². The Labute approximate surface area is 111 Å². The van der Waals surface area contributed by atoms with Crippen LogP contribution in [0.2, 0.25) is 5.02 Å². The minimum Gasteiger partial charge on any atom is -0.207 e. The van der Waals surface area contributed by atoms with Crippen molar-refractivity contribution in [1.29, 1.82) is 10.5 Å². The highest BCUT2D eigenvalue weighted by molar-refractivity contribution is 7.89. The second-order valence-electron chi connectivity index (χ2n) is 3.46. The van der Waals surface area contributed by atoms with Crippen molar-refractivity contribution in [2.75, 3.05) is 0 Å². The molecule has 1 rings (SSSR count). The van der Waals surface area contributed by atoms with Crippen LogP contribution >= 0.6 is 11.6 Å². The van der Waals surface area contributed by atoms with Gasteiger partial charge in [-0.1, -0.05) is 18.5 Å². The van der Waals surface area contributed by atoms with Crippen molar-refractivity contribution in [2.45, 2.75) is 24.3 Å². The van der Waals surface area contributed by atoms with Crippen LogP contribution in [0.5, 0.6) is 0 Å². The average molecular weight is 284 g/mol. The lowest BCUT2D eigenvalue weighted by Gasteiger charge is -2.10. The molecule has 0 aromatic heterocycles. The van der Waals surface area contributed by atoms with Gasteiger partial charge in [0, 0.05) is 0 Å². The number of benzene rings is 1. The first-order valence-electron chi connectivity index (χ1n) is 5.06. The van der Waals surface area contributed by atoms with E-state index in [1.165, 1.54) is 18.2 Å². The zero-order chi connectivity index (χ0) is 13.8. The maximum absolute atomic E-state index is 11.9. The first kappa shape index (κ1) is 14.5. The number of rotatable bonds is 4. The van der Waals surface area contributed by atoms with Crippen molar-refractivity contribution in [3.8, 4) is 12.1 Å². The maximum atomic E-state index is 11.9. The third-order valence-electron chi connectivity index (χ3n) is 2.23. The van der Waals surface area contributed by atoms with Crippen molar-refractivity contribution < 1.29 is 8.42 Å². The van der Waals surface area contributed by atoms with E-state index in [1.807, 2.05) is 12.1 Å². The summed E-state index contributed by atoms with van der Waals surface area (Å²) in [6, 6.07) is 6.67. The molecule has 1 aromatic carbocycles. The minimum absolute atomic E-state index is 0.0605. The molecule has 0 saturated carbocycles. The quantitative estimate of drug-likeness (QED) is 0.911. The van der Waals surface area contributed by atoms with E-state index in [1.54, 1.807) is 6.92 Å². The fourth-order valence-electron chi connectivity index (χ4n) is 1.21. The Morgan fingerprint density at radius 3 is 2.56 bits per heavy atom. The Morgan fingerprint density at radius 1 is 1.44 bits per heavy atom. The molecule has 0 heterocycles. The van der Waals surface area contributed by atoms with Gasteiger partial charge < -0.3 is 0 Å². The van der Waals surface area contributed by atoms with Gasteiger partial charge in [0.15, 0.2) is 0 Å². The van der Waals surface area contributed by atoms with Crippen LogP contribution < -0.4 is 4.72 Å². The molecule has 1 aromatic rings. The standard InChI is InChI=1S/C11H10ClN3O2S/c1-2-9(7-14)15-18(16,17)10-4-3-8(6-13)11(12)5-10/h3-5,9,15H,2H2,1H3. The molecule has 0 bridgehead atoms. The summed E-state index contributed by atoms with van der Waals surface area (Å²) in [6.07, 6.45) is 0.361. The van der Waals surface area contributed by atoms with Crippen molar-refractivity contribution in [2.24, 2.45) is 0 Å². The van der Waals surface area contributed by atoms with Crippen LogP contribution in [0, 0.1) is 22.7 Å². The molecule has 0 amide bonds. The van der Waals surface area contributed by atoms with E-state index in [2.05, 4.69) is 4.72 Å². The van der Waals surface area contributed by atoms with Gasteiger partial charge in [-0.15, -0.1) is 0 Å². The molecule has 0 aliphatic carbocycles.